The van der Waals surface area contributed by atoms with E-state index < -0.39 is 0 Å². The van der Waals surface area contributed by atoms with Crippen molar-refractivity contribution >= 4 is 35.8 Å². The molecule has 1 saturated carbocycles. The quantitative estimate of drug-likeness (QED) is 0.287. The van der Waals surface area contributed by atoms with E-state index in [-0.39, 0.29) is 29.9 Å². The molecule has 0 radical (unpaired) electrons. The Balaban J connectivity index is 0.00000324. The molecule has 4 rings (SSSR count). The van der Waals surface area contributed by atoms with Crippen LogP contribution in [0.5, 0.6) is 0 Å². The molecule has 2 aromatic rings. The topological polar surface area (TPSA) is 60.0 Å². The van der Waals surface area contributed by atoms with E-state index in [1.54, 1.807) is 0 Å². The Kier molecular flexibility index (Phi) is 10.7. The summed E-state index contributed by atoms with van der Waals surface area (Å²) in [7, 11) is 1.82. The van der Waals surface area contributed by atoms with Gasteiger partial charge in [0, 0.05) is 64.7 Å². The third-order valence-electron chi connectivity index (χ3n) is 6.96. The van der Waals surface area contributed by atoms with Crippen molar-refractivity contribution < 1.29 is 4.79 Å². The van der Waals surface area contributed by atoms with E-state index in [0.717, 1.165) is 64.6 Å². The van der Waals surface area contributed by atoms with Gasteiger partial charge < -0.3 is 15.5 Å². The number of carbonyl (C=O) groups is 1. The smallest absolute Gasteiger partial charge is 0.225 e. The molecule has 1 aliphatic heterocycles. The summed E-state index contributed by atoms with van der Waals surface area (Å²) >= 11 is 0. The standard InChI is InChI=1S/C27H37N5O.HI/c1-28-27(29-15-16-31-17-19-32(20-18-31)26(33)24-13-8-14-24)30-21-25(22-9-4-2-5-10-22)23-11-6-3-7-12-23;/h2-7,9-12,24-25H,8,13-21H2,1H3,(H2,28,29,30);1H. The lowest BCUT2D eigenvalue weighted by molar-refractivity contribution is -0.139. The van der Waals surface area contributed by atoms with Crippen molar-refractivity contribution in [1.29, 1.82) is 0 Å². The van der Waals surface area contributed by atoms with Crippen LogP contribution in [0.1, 0.15) is 36.3 Å². The average Bonchev–Trinajstić information content (AvgIpc) is 2.83. The van der Waals surface area contributed by atoms with Gasteiger partial charge in [-0.2, -0.15) is 0 Å². The number of hydrogen-bond donors (Lipinski definition) is 2. The highest BCUT2D eigenvalue weighted by molar-refractivity contribution is 14.0. The number of benzene rings is 2. The third-order valence-corrected chi connectivity index (χ3v) is 6.96. The maximum atomic E-state index is 12.4. The summed E-state index contributed by atoms with van der Waals surface area (Å²) in [4.78, 5) is 21.4. The second kappa shape index (κ2) is 13.7. The molecule has 0 unspecified atom stereocenters. The summed E-state index contributed by atoms with van der Waals surface area (Å²) in [5.74, 6) is 1.77. The first-order valence-electron chi connectivity index (χ1n) is 12.3. The minimum absolute atomic E-state index is 0. The number of rotatable bonds is 8. The van der Waals surface area contributed by atoms with E-state index >= 15 is 0 Å². The number of nitrogens with zero attached hydrogens (tertiary/aromatic N) is 3. The molecule has 2 N–H and O–H groups in total. The number of nitrogens with one attached hydrogen (secondary N) is 2. The van der Waals surface area contributed by atoms with Crippen molar-refractivity contribution in [1.82, 2.24) is 20.4 Å². The summed E-state index contributed by atoms with van der Waals surface area (Å²) in [6.45, 7) is 6.18. The molecule has 2 aliphatic rings. The molecule has 0 spiro atoms. The second-order valence-corrected chi connectivity index (χ2v) is 9.05. The lowest BCUT2D eigenvalue weighted by atomic mass is 9.84. The van der Waals surface area contributed by atoms with Gasteiger partial charge in [-0.15, -0.1) is 24.0 Å². The average molecular weight is 576 g/mol. The van der Waals surface area contributed by atoms with Crippen molar-refractivity contribution in [3.8, 4) is 0 Å². The Bertz CT molecular complexity index is 856. The highest BCUT2D eigenvalue weighted by Crippen LogP contribution is 2.28. The molecule has 1 saturated heterocycles. The first-order chi connectivity index (χ1) is 16.2. The van der Waals surface area contributed by atoms with E-state index in [2.05, 4.69) is 86.1 Å². The fourth-order valence-electron chi connectivity index (χ4n) is 4.66. The summed E-state index contributed by atoms with van der Waals surface area (Å²) in [6.07, 6.45) is 3.39. The van der Waals surface area contributed by atoms with Crippen LogP contribution < -0.4 is 10.6 Å². The van der Waals surface area contributed by atoms with Crippen LogP contribution in [-0.2, 0) is 4.79 Å². The van der Waals surface area contributed by atoms with Gasteiger partial charge >= 0.3 is 0 Å². The van der Waals surface area contributed by atoms with Gasteiger partial charge in [-0.3, -0.25) is 14.7 Å². The molecular weight excluding hydrogens is 537 g/mol. The molecule has 2 aromatic carbocycles. The lowest BCUT2D eigenvalue weighted by Crippen LogP contribution is -2.52. The summed E-state index contributed by atoms with van der Waals surface area (Å²) < 4.78 is 0. The number of hydrogen-bond acceptors (Lipinski definition) is 3. The molecule has 7 heteroatoms. The highest BCUT2D eigenvalue weighted by atomic mass is 127. The van der Waals surface area contributed by atoms with Crippen molar-refractivity contribution in [2.75, 3.05) is 52.9 Å². The maximum Gasteiger partial charge on any atom is 0.225 e. The zero-order valence-electron chi connectivity index (χ0n) is 20.2. The number of guanidine groups is 1. The molecule has 0 aromatic heterocycles. The molecule has 1 heterocycles. The number of carbonyl (C=O) groups excluding carboxylic acids is 1. The molecule has 6 nitrogen and oxygen atoms in total. The minimum atomic E-state index is 0. The first kappa shape index (κ1) is 26.5. The fourth-order valence-corrected chi connectivity index (χ4v) is 4.66. The van der Waals surface area contributed by atoms with Gasteiger partial charge in [-0.25, -0.2) is 0 Å². The summed E-state index contributed by atoms with van der Waals surface area (Å²) in [6, 6.07) is 21.2. The molecule has 1 amide bonds. The predicted octanol–water partition coefficient (Wildman–Crippen LogP) is 3.55. The van der Waals surface area contributed by atoms with Crippen LogP contribution in [0.2, 0.25) is 0 Å². The molecule has 184 valence electrons. The van der Waals surface area contributed by atoms with Gasteiger partial charge in [0.2, 0.25) is 5.91 Å². The molecule has 0 atom stereocenters. The van der Waals surface area contributed by atoms with Crippen molar-refractivity contribution in [3.63, 3.8) is 0 Å². The first-order valence-corrected chi connectivity index (χ1v) is 12.3. The Labute approximate surface area is 221 Å². The summed E-state index contributed by atoms with van der Waals surface area (Å²) in [5, 5.41) is 6.98. The van der Waals surface area contributed by atoms with Gasteiger partial charge in [0.1, 0.15) is 0 Å². The predicted molar refractivity (Wildman–Crippen MR) is 150 cm³/mol. The second-order valence-electron chi connectivity index (χ2n) is 9.05. The maximum absolute atomic E-state index is 12.4. The lowest BCUT2D eigenvalue weighted by Gasteiger charge is -2.38. The molecular formula is C27H38IN5O. The van der Waals surface area contributed by atoms with E-state index in [4.69, 9.17) is 0 Å². The minimum Gasteiger partial charge on any atom is -0.355 e. The van der Waals surface area contributed by atoms with Crippen molar-refractivity contribution in [2.45, 2.75) is 25.2 Å². The van der Waals surface area contributed by atoms with Crippen LogP contribution in [0.15, 0.2) is 65.7 Å². The zero-order chi connectivity index (χ0) is 22.9. The number of piperazine rings is 1. The van der Waals surface area contributed by atoms with Gasteiger partial charge in [-0.1, -0.05) is 67.1 Å². The SMILES string of the molecule is CN=C(NCCN1CCN(C(=O)C2CCC2)CC1)NCC(c1ccccc1)c1ccccc1.I. The van der Waals surface area contributed by atoms with E-state index in [0.29, 0.717) is 11.8 Å². The summed E-state index contributed by atoms with van der Waals surface area (Å²) in [5.41, 5.74) is 2.59. The number of halogens is 1. The molecule has 2 fully saturated rings. The monoisotopic (exact) mass is 575 g/mol. The van der Waals surface area contributed by atoms with Crippen LogP contribution in [0.3, 0.4) is 0 Å². The van der Waals surface area contributed by atoms with Gasteiger partial charge in [0.25, 0.3) is 0 Å². The van der Waals surface area contributed by atoms with Crippen LogP contribution in [0.25, 0.3) is 0 Å². The number of aliphatic imine (C=N–C) groups is 1. The van der Waals surface area contributed by atoms with Crippen molar-refractivity contribution in [3.05, 3.63) is 71.8 Å². The Morgan fingerprint density at radius 3 is 2.03 bits per heavy atom. The Hall–Kier alpha value is -2.13. The van der Waals surface area contributed by atoms with Crippen LogP contribution in [0.4, 0.5) is 0 Å². The van der Waals surface area contributed by atoms with Gasteiger partial charge in [0.15, 0.2) is 5.96 Å². The van der Waals surface area contributed by atoms with Crippen LogP contribution >= 0.6 is 24.0 Å². The molecule has 34 heavy (non-hydrogen) atoms. The van der Waals surface area contributed by atoms with E-state index in [1.807, 2.05) is 7.05 Å². The van der Waals surface area contributed by atoms with Crippen LogP contribution in [-0.4, -0.2) is 74.5 Å². The largest absolute Gasteiger partial charge is 0.355 e. The van der Waals surface area contributed by atoms with Crippen LogP contribution in [0, 0.1) is 5.92 Å². The molecule has 0 bridgehead atoms. The van der Waals surface area contributed by atoms with Gasteiger partial charge in [-0.05, 0) is 24.0 Å². The Morgan fingerprint density at radius 1 is 0.941 bits per heavy atom. The van der Waals surface area contributed by atoms with Gasteiger partial charge in [0.05, 0.1) is 0 Å². The number of amides is 1. The zero-order valence-corrected chi connectivity index (χ0v) is 22.5. The fraction of sp³-hybridized carbons (Fsp3) is 0.481. The third kappa shape index (κ3) is 7.18. The highest BCUT2D eigenvalue weighted by Gasteiger charge is 2.31. The van der Waals surface area contributed by atoms with E-state index in [9.17, 15) is 4.79 Å². The normalized spacial score (nSPS) is 17.1. The Morgan fingerprint density at radius 2 is 1.53 bits per heavy atom. The molecule has 1 aliphatic carbocycles. The van der Waals surface area contributed by atoms with E-state index in [1.165, 1.54) is 17.5 Å². The van der Waals surface area contributed by atoms with Crippen molar-refractivity contribution in [2.24, 2.45) is 10.9 Å².